The third-order valence-corrected chi connectivity index (χ3v) is 2.29. The zero-order valence-corrected chi connectivity index (χ0v) is 9.47. The van der Waals surface area contributed by atoms with E-state index in [1.54, 1.807) is 18.2 Å². The molecule has 0 saturated heterocycles. The summed E-state index contributed by atoms with van der Waals surface area (Å²) in [7, 11) is 0. The van der Waals surface area contributed by atoms with Crippen LogP contribution >= 0.6 is 0 Å². The summed E-state index contributed by atoms with van der Waals surface area (Å²) in [6.07, 6.45) is 0.723. The molecule has 1 aromatic heterocycles. The van der Waals surface area contributed by atoms with Gasteiger partial charge < -0.3 is 14.3 Å². The predicted octanol–water partition coefficient (Wildman–Crippen LogP) is 2.24. The molecule has 0 spiro atoms. The first-order valence-electron chi connectivity index (χ1n) is 5.43. The molecule has 0 saturated carbocycles. The molecule has 5 nitrogen and oxygen atoms in total. The van der Waals surface area contributed by atoms with Gasteiger partial charge in [-0.3, -0.25) is 4.79 Å². The molecule has 2 rings (SSSR count). The number of aliphatic carboxylic acids is 1. The number of fused-ring (bicyclic) bond motifs is 1. The highest BCUT2D eigenvalue weighted by molar-refractivity contribution is 5.74. The van der Waals surface area contributed by atoms with E-state index in [1.165, 1.54) is 0 Å². The summed E-state index contributed by atoms with van der Waals surface area (Å²) in [5.74, 6) is 0.415. The van der Waals surface area contributed by atoms with Crippen LogP contribution in [0, 0.1) is 0 Å². The predicted molar refractivity (Wildman–Crippen MR) is 61.1 cm³/mol. The molecule has 0 bridgehead atoms. The molecule has 0 amide bonds. The van der Waals surface area contributed by atoms with Crippen LogP contribution in [0.3, 0.4) is 0 Å². The number of aromatic nitrogens is 1. The topological polar surface area (TPSA) is 72.6 Å². The van der Waals surface area contributed by atoms with E-state index in [9.17, 15) is 4.79 Å². The van der Waals surface area contributed by atoms with Gasteiger partial charge in [0, 0.05) is 12.5 Å². The van der Waals surface area contributed by atoms with Crippen molar-refractivity contribution in [2.75, 3.05) is 6.61 Å². The van der Waals surface area contributed by atoms with Gasteiger partial charge in [0.15, 0.2) is 11.5 Å². The van der Waals surface area contributed by atoms with Crippen LogP contribution < -0.4 is 4.74 Å². The van der Waals surface area contributed by atoms with Crippen molar-refractivity contribution in [3.8, 4) is 5.75 Å². The van der Waals surface area contributed by atoms with Crippen molar-refractivity contribution >= 4 is 17.1 Å². The molecule has 0 aliphatic carbocycles. The van der Waals surface area contributed by atoms with E-state index >= 15 is 0 Å². The number of oxazole rings is 1. The van der Waals surface area contributed by atoms with Crippen LogP contribution in [0.1, 0.15) is 19.2 Å². The van der Waals surface area contributed by atoms with Crippen LogP contribution in [-0.2, 0) is 11.2 Å². The molecule has 0 atom stereocenters. The molecular formula is C12H13NO4. The number of carbonyl (C=O) groups is 1. The smallest absolute Gasteiger partial charge is 0.306 e. The van der Waals surface area contributed by atoms with Crippen LogP contribution in [0.4, 0.5) is 0 Å². The Morgan fingerprint density at radius 2 is 2.35 bits per heavy atom. The fourth-order valence-electron chi connectivity index (χ4n) is 1.45. The Balaban J connectivity index is 2.11. The minimum Gasteiger partial charge on any atom is -0.493 e. The van der Waals surface area contributed by atoms with E-state index in [1.807, 2.05) is 6.92 Å². The van der Waals surface area contributed by atoms with Crippen molar-refractivity contribution in [2.24, 2.45) is 0 Å². The minimum atomic E-state index is -0.874. The van der Waals surface area contributed by atoms with Crippen molar-refractivity contribution in [3.63, 3.8) is 0 Å². The van der Waals surface area contributed by atoms with Crippen LogP contribution in [0.5, 0.6) is 5.75 Å². The number of hydrogen-bond acceptors (Lipinski definition) is 4. The van der Waals surface area contributed by atoms with E-state index in [2.05, 4.69) is 4.98 Å². The molecule has 1 aromatic carbocycles. The minimum absolute atomic E-state index is 0.0168. The highest BCUT2D eigenvalue weighted by atomic mass is 16.5. The lowest BCUT2D eigenvalue weighted by Crippen LogP contribution is -2.04. The average Bonchev–Trinajstić information content (AvgIpc) is 2.70. The quantitative estimate of drug-likeness (QED) is 0.860. The number of rotatable bonds is 5. The Morgan fingerprint density at radius 3 is 3.06 bits per heavy atom. The third kappa shape index (κ3) is 2.75. The summed E-state index contributed by atoms with van der Waals surface area (Å²) in [4.78, 5) is 14.6. The van der Waals surface area contributed by atoms with Gasteiger partial charge in [-0.1, -0.05) is 6.92 Å². The molecule has 0 aliphatic heterocycles. The van der Waals surface area contributed by atoms with Crippen molar-refractivity contribution in [1.29, 1.82) is 0 Å². The van der Waals surface area contributed by atoms with Gasteiger partial charge in [-0.25, -0.2) is 4.98 Å². The van der Waals surface area contributed by atoms with Gasteiger partial charge in [0.2, 0.25) is 0 Å². The number of carboxylic acid groups (broad SMARTS) is 1. The number of hydrogen-bond donors (Lipinski definition) is 1. The van der Waals surface area contributed by atoms with Gasteiger partial charge in [0.25, 0.3) is 0 Å². The first-order valence-corrected chi connectivity index (χ1v) is 5.43. The summed E-state index contributed by atoms with van der Waals surface area (Å²) < 4.78 is 10.8. The molecule has 5 heteroatoms. The highest BCUT2D eigenvalue weighted by Gasteiger charge is 2.05. The lowest BCUT2D eigenvalue weighted by atomic mass is 10.3. The highest BCUT2D eigenvalue weighted by Crippen LogP contribution is 2.21. The van der Waals surface area contributed by atoms with Crippen LogP contribution in [0.15, 0.2) is 22.6 Å². The number of ether oxygens (including phenoxy) is 1. The summed E-state index contributed by atoms with van der Waals surface area (Å²) in [6.45, 7) is 2.12. The van der Waals surface area contributed by atoms with Crippen molar-refractivity contribution in [3.05, 3.63) is 24.1 Å². The maximum atomic E-state index is 10.3. The average molecular weight is 235 g/mol. The van der Waals surface area contributed by atoms with Crippen molar-refractivity contribution < 1.29 is 19.1 Å². The lowest BCUT2D eigenvalue weighted by Gasteiger charge is -2.02. The zero-order valence-electron chi connectivity index (χ0n) is 9.47. The Labute approximate surface area is 98.0 Å². The normalized spacial score (nSPS) is 10.6. The van der Waals surface area contributed by atoms with E-state index in [-0.39, 0.29) is 13.0 Å². The van der Waals surface area contributed by atoms with Crippen LogP contribution in [-0.4, -0.2) is 22.7 Å². The second-order valence-electron chi connectivity index (χ2n) is 3.58. The summed E-state index contributed by atoms with van der Waals surface area (Å²) in [5, 5.41) is 8.49. The standard InChI is InChI=1S/C12H13NO4/c1-2-11-13-9-7-8(3-4-10(9)17-11)16-6-5-12(14)15/h3-4,7H,2,5-6H2,1H3,(H,14,15). The van der Waals surface area contributed by atoms with Crippen LogP contribution in [0.2, 0.25) is 0 Å². The summed E-state index contributed by atoms with van der Waals surface area (Å²) in [6, 6.07) is 5.27. The van der Waals surface area contributed by atoms with Crippen LogP contribution in [0.25, 0.3) is 11.1 Å². The molecule has 2 aromatic rings. The maximum Gasteiger partial charge on any atom is 0.306 e. The van der Waals surface area contributed by atoms with Crippen molar-refractivity contribution in [2.45, 2.75) is 19.8 Å². The first-order chi connectivity index (χ1) is 8.19. The molecule has 0 unspecified atom stereocenters. The first kappa shape index (κ1) is 11.4. The van der Waals surface area contributed by atoms with Gasteiger partial charge in [-0.05, 0) is 12.1 Å². The van der Waals surface area contributed by atoms with E-state index in [0.29, 0.717) is 17.2 Å². The van der Waals surface area contributed by atoms with Gasteiger partial charge in [0.1, 0.15) is 11.3 Å². The fraction of sp³-hybridized carbons (Fsp3) is 0.333. The second kappa shape index (κ2) is 4.86. The van der Waals surface area contributed by atoms with Gasteiger partial charge >= 0.3 is 5.97 Å². The Morgan fingerprint density at radius 1 is 1.53 bits per heavy atom. The Bertz CT molecular complexity index is 532. The molecule has 0 radical (unpaired) electrons. The molecule has 17 heavy (non-hydrogen) atoms. The monoisotopic (exact) mass is 235 g/mol. The largest absolute Gasteiger partial charge is 0.493 e. The van der Waals surface area contributed by atoms with E-state index in [4.69, 9.17) is 14.3 Å². The molecule has 1 N–H and O–H groups in total. The van der Waals surface area contributed by atoms with Gasteiger partial charge in [0.05, 0.1) is 13.0 Å². The van der Waals surface area contributed by atoms with E-state index in [0.717, 1.165) is 11.9 Å². The maximum absolute atomic E-state index is 10.3. The number of benzene rings is 1. The molecule has 0 fully saturated rings. The SMILES string of the molecule is CCc1nc2cc(OCCC(=O)O)ccc2o1. The molecule has 1 heterocycles. The van der Waals surface area contributed by atoms with E-state index < -0.39 is 5.97 Å². The van der Waals surface area contributed by atoms with Crippen molar-refractivity contribution in [1.82, 2.24) is 4.98 Å². The zero-order chi connectivity index (χ0) is 12.3. The summed E-state index contributed by atoms with van der Waals surface area (Å²) in [5.41, 5.74) is 1.45. The Hall–Kier alpha value is -2.04. The Kier molecular flexibility index (Phi) is 3.27. The number of aryl methyl sites for hydroxylation is 1. The molecular weight excluding hydrogens is 222 g/mol. The summed E-state index contributed by atoms with van der Waals surface area (Å²) >= 11 is 0. The van der Waals surface area contributed by atoms with Gasteiger partial charge in [-0.15, -0.1) is 0 Å². The fourth-order valence-corrected chi connectivity index (χ4v) is 1.45. The number of carboxylic acids is 1. The molecule has 90 valence electrons. The van der Waals surface area contributed by atoms with Gasteiger partial charge in [-0.2, -0.15) is 0 Å². The molecule has 0 aliphatic rings. The second-order valence-corrected chi connectivity index (χ2v) is 3.58. The lowest BCUT2D eigenvalue weighted by molar-refractivity contribution is -0.137. The third-order valence-electron chi connectivity index (χ3n) is 2.29. The number of nitrogens with zero attached hydrogens (tertiary/aromatic N) is 1.